The molecule has 0 aromatic rings. The summed E-state index contributed by atoms with van der Waals surface area (Å²) < 4.78 is 0. The Balaban J connectivity index is 0.000000490. The quantitative estimate of drug-likeness (QED) is 0.523. The molecule has 46 valence electrons. The number of allylic oxidation sites excluding steroid dienone is 2. The van der Waals surface area contributed by atoms with Gasteiger partial charge in [-0.1, -0.05) is 12.7 Å². The maximum atomic E-state index is 3.75. The fraction of sp³-hybridized carbons (Fsp3) is 0.333. The zero-order valence-electron chi connectivity index (χ0n) is 4.78. The van der Waals surface area contributed by atoms with Crippen molar-refractivity contribution in [3.05, 3.63) is 24.6 Å². The van der Waals surface area contributed by atoms with Gasteiger partial charge in [0.1, 0.15) is 0 Å². The average molecular weight is 129 g/mol. The van der Waals surface area contributed by atoms with Gasteiger partial charge in [-0.15, -0.1) is 0 Å². The van der Waals surface area contributed by atoms with Crippen LogP contribution in [0.15, 0.2) is 24.6 Å². The minimum absolute atomic E-state index is 0. The molecule has 8 heavy (non-hydrogen) atoms. The van der Waals surface area contributed by atoms with E-state index in [0.29, 0.717) is 0 Å². The van der Waals surface area contributed by atoms with E-state index in [2.05, 4.69) is 18.0 Å². The second kappa shape index (κ2) is 3.61. The molecule has 0 bridgehead atoms. The first-order chi connectivity index (χ1) is 3.39. The Morgan fingerprint density at radius 1 is 1.62 bits per heavy atom. The lowest BCUT2D eigenvalue weighted by atomic mass is 10.2. The molecular weight excluding hydrogens is 118 g/mol. The van der Waals surface area contributed by atoms with Crippen molar-refractivity contribution in [3.63, 3.8) is 0 Å². The number of rotatable bonds is 0. The third-order valence-corrected chi connectivity index (χ3v) is 1.02. The van der Waals surface area contributed by atoms with E-state index < -0.39 is 0 Å². The Labute approximate surface area is 56.9 Å². The molecule has 0 unspecified atom stereocenters. The highest BCUT2D eigenvalue weighted by atomic mass is 32.1. The van der Waals surface area contributed by atoms with E-state index in [1.807, 2.05) is 6.20 Å². The molecule has 1 aliphatic rings. The van der Waals surface area contributed by atoms with E-state index in [-0.39, 0.29) is 13.5 Å². The molecule has 0 amide bonds. The molecule has 0 aromatic heterocycles. The van der Waals surface area contributed by atoms with Crippen LogP contribution in [0.25, 0.3) is 0 Å². The van der Waals surface area contributed by atoms with Gasteiger partial charge >= 0.3 is 0 Å². The first-order valence-electron chi connectivity index (χ1n) is 2.49. The lowest BCUT2D eigenvalue weighted by Crippen LogP contribution is -2.06. The average Bonchev–Trinajstić information content (AvgIpc) is 1.69. The Bertz CT molecular complexity index is 107. The SMILES string of the molecule is C=C1CCC=CN1.S. The standard InChI is InChI=1S/C6H9N.H2S/c1-6-4-2-3-5-7-6;/h3,5,7H,1-2,4H2;1H2. The summed E-state index contributed by atoms with van der Waals surface area (Å²) in [6.45, 7) is 3.75. The Hall–Kier alpha value is -0.370. The maximum absolute atomic E-state index is 3.75. The third kappa shape index (κ3) is 2.07. The Morgan fingerprint density at radius 2 is 2.38 bits per heavy atom. The van der Waals surface area contributed by atoms with Crippen LogP contribution in [0.3, 0.4) is 0 Å². The van der Waals surface area contributed by atoms with Crippen LogP contribution in [-0.2, 0) is 0 Å². The van der Waals surface area contributed by atoms with E-state index in [9.17, 15) is 0 Å². The van der Waals surface area contributed by atoms with Crippen molar-refractivity contribution in [1.29, 1.82) is 0 Å². The van der Waals surface area contributed by atoms with E-state index >= 15 is 0 Å². The van der Waals surface area contributed by atoms with Gasteiger partial charge in [0.05, 0.1) is 0 Å². The highest BCUT2D eigenvalue weighted by Crippen LogP contribution is 2.03. The van der Waals surface area contributed by atoms with Crippen molar-refractivity contribution in [3.8, 4) is 0 Å². The molecule has 0 atom stereocenters. The molecular formula is C6H11NS. The number of hydrogen-bond donors (Lipinski definition) is 1. The molecule has 1 heterocycles. The monoisotopic (exact) mass is 129 g/mol. The molecule has 0 spiro atoms. The van der Waals surface area contributed by atoms with Gasteiger partial charge in [0.15, 0.2) is 0 Å². The minimum Gasteiger partial charge on any atom is -0.366 e. The Kier molecular flexibility index (Phi) is 3.44. The van der Waals surface area contributed by atoms with Gasteiger partial charge in [-0.3, -0.25) is 0 Å². The predicted octanol–water partition coefficient (Wildman–Crippen LogP) is 1.51. The van der Waals surface area contributed by atoms with Crippen LogP contribution in [0, 0.1) is 0 Å². The van der Waals surface area contributed by atoms with E-state index in [0.717, 1.165) is 18.5 Å². The smallest absolute Gasteiger partial charge is 0.00763 e. The van der Waals surface area contributed by atoms with Crippen LogP contribution in [0.1, 0.15) is 12.8 Å². The fourth-order valence-corrected chi connectivity index (χ4v) is 0.590. The molecule has 0 aromatic carbocycles. The highest BCUT2D eigenvalue weighted by molar-refractivity contribution is 7.59. The normalized spacial score (nSPS) is 16.8. The van der Waals surface area contributed by atoms with Gasteiger partial charge in [0.25, 0.3) is 0 Å². The molecule has 0 radical (unpaired) electrons. The van der Waals surface area contributed by atoms with Gasteiger partial charge in [0, 0.05) is 5.70 Å². The minimum atomic E-state index is 0. The van der Waals surface area contributed by atoms with Crippen molar-refractivity contribution >= 4 is 13.5 Å². The van der Waals surface area contributed by atoms with Gasteiger partial charge < -0.3 is 5.32 Å². The highest BCUT2D eigenvalue weighted by Gasteiger charge is 1.91. The van der Waals surface area contributed by atoms with Crippen LogP contribution in [0.4, 0.5) is 0 Å². The summed E-state index contributed by atoms with van der Waals surface area (Å²) in [5, 5.41) is 3.01. The molecule has 0 saturated carbocycles. The van der Waals surface area contributed by atoms with Gasteiger partial charge in [0.2, 0.25) is 0 Å². The number of hydrogen-bond acceptors (Lipinski definition) is 1. The molecule has 0 saturated heterocycles. The molecule has 1 rings (SSSR count). The molecule has 1 nitrogen and oxygen atoms in total. The summed E-state index contributed by atoms with van der Waals surface area (Å²) in [6, 6.07) is 0. The van der Waals surface area contributed by atoms with Crippen molar-refractivity contribution in [2.24, 2.45) is 0 Å². The molecule has 0 aliphatic carbocycles. The van der Waals surface area contributed by atoms with Crippen LogP contribution < -0.4 is 5.32 Å². The van der Waals surface area contributed by atoms with Gasteiger partial charge in [-0.2, -0.15) is 13.5 Å². The molecule has 1 N–H and O–H groups in total. The lowest BCUT2D eigenvalue weighted by Gasteiger charge is -2.06. The van der Waals surface area contributed by atoms with Crippen molar-refractivity contribution in [1.82, 2.24) is 5.32 Å². The van der Waals surface area contributed by atoms with Gasteiger partial charge in [-0.05, 0) is 19.0 Å². The van der Waals surface area contributed by atoms with Crippen molar-refractivity contribution in [2.45, 2.75) is 12.8 Å². The lowest BCUT2D eigenvalue weighted by molar-refractivity contribution is 0.844. The summed E-state index contributed by atoms with van der Waals surface area (Å²) in [6.07, 6.45) is 6.28. The van der Waals surface area contributed by atoms with Crippen LogP contribution in [0.2, 0.25) is 0 Å². The summed E-state index contributed by atoms with van der Waals surface area (Å²) >= 11 is 0. The van der Waals surface area contributed by atoms with E-state index in [1.165, 1.54) is 0 Å². The number of nitrogens with one attached hydrogen (secondary N) is 1. The summed E-state index contributed by atoms with van der Waals surface area (Å²) in [5.74, 6) is 0. The van der Waals surface area contributed by atoms with Crippen molar-refractivity contribution < 1.29 is 0 Å². The van der Waals surface area contributed by atoms with Gasteiger partial charge in [-0.25, -0.2) is 0 Å². The topological polar surface area (TPSA) is 12.0 Å². The van der Waals surface area contributed by atoms with E-state index in [4.69, 9.17) is 0 Å². The Morgan fingerprint density at radius 3 is 2.62 bits per heavy atom. The summed E-state index contributed by atoms with van der Waals surface area (Å²) in [5.41, 5.74) is 1.13. The van der Waals surface area contributed by atoms with E-state index in [1.54, 1.807) is 0 Å². The van der Waals surface area contributed by atoms with Crippen LogP contribution >= 0.6 is 13.5 Å². The summed E-state index contributed by atoms with van der Waals surface area (Å²) in [4.78, 5) is 0. The summed E-state index contributed by atoms with van der Waals surface area (Å²) in [7, 11) is 0. The second-order valence-electron chi connectivity index (χ2n) is 1.69. The van der Waals surface area contributed by atoms with Crippen LogP contribution in [0.5, 0.6) is 0 Å². The molecule has 0 fully saturated rings. The first-order valence-corrected chi connectivity index (χ1v) is 2.49. The third-order valence-electron chi connectivity index (χ3n) is 1.02. The predicted molar refractivity (Wildman–Crippen MR) is 41.0 cm³/mol. The zero-order chi connectivity index (χ0) is 5.11. The first kappa shape index (κ1) is 7.63. The molecule has 2 heteroatoms. The maximum Gasteiger partial charge on any atom is 0.00763 e. The van der Waals surface area contributed by atoms with Crippen molar-refractivity contribution in [2.75, 3.05) is 0 Å². The fourth-order valence-electron chi connectivity index (χ4n) is 0.590. The largest absolute Gasteiger partial charge is 0.366 e. The van der Waals surface area contributed by atoms with Crippen LogP contribution in [-0.4, -0.2) is 0 Å². The second-order valence-corrected chi connectivity index (χ2v) is 1.69. The molecule has 1 aliphatic heterocycles. The zero-order valence-corrected chi connectivity index (χ0v) is 5.78.